The van der Waals surface area contributed by atoms with E-state index in [9.17, 15) is 9.90 Å². The van der Waals surface area contributed by atoms with E-state index in [1.165, 1.54) is 6.33 Å². The van der Waals surface area contributed by atoms with E-state index in [-0.39, 0.29) is 12.6 Å². The van der Waals surface area contributed by atoms with E-state index in [1.54, 1.807) is 6.92 Å². The maximum atomic E-state index is 11.3. The van der Waals surface area contributed by atoms with Gasteiger partial charge in [0.15, 0.2) is 0 Å². The van der Waals surface area contributed by atoms with E-state index in [0.717, 1.165) is 18.5 Å². The standard InChI is InChI=1S/C13H19N3O3/c1-3-4-9-5-11(15-8-14-9)16-10-6-19-7-13(10,2)12(17)18/h5,8,10H,3-4,6-7H2,1-2H3,(H,17,18)(H,14,15,16). The molecule has 0 spiro atoms. The van der Waals surface area contributed by atoms with Crippen molar-refractivity contribution in [1.29, 1.82) is 0 Å². The van der Waals surface area contributed by atoms with E-state index in [0.29, 0.717) is 12.4 Å². The third kappa shape index (κ3) is 2.84. The number of aliphatic carboxylic acids is 1. The summed E-state index contributed by atoms with van der Waals surface area (Å²) in [5, 5.41) is 12.5. The molecule has 0 saturated carbocycles. The van der Waals surface area contributed by atoms with Gasteiger partial charge in [-0.25, -0.2) is 9.97 Å². The molecule has 1 aliphatic heterocycles. The number of aromatic nitrogens is 2. The van der Waals surface area contributed by atoms with Crippen LogP contribution in [0.2, 0.25) is 0 Å². The van der Waals surface area contributed by atoms with Gasteiger partial charge >= 0.3 is 5.97 Å². The highest BCUT2D eigenvalue weighted by atomic mass is 16.5. The Labute approximate surface area is 112 Å². The van der Waals surface area contributed by atoms with Crippen LogP contribution in [-0.4, -0.2) is 40.3 Å². The Bertz CT molecular complexity index is 466. The zero-order valence-electron chi connectivity index (χ0n) is 11.2. The predicted molar refractivity (Wildman–Crippen MR) is 70.0 cm³/mol. The van der Waals surface area contributed by atoms with Gasteiger partial charge < -0.3 is 15.2 Å². The number of carbonyl (C=O) groups is 1. The molecule has 2 unspecified atom stereocenters. The van der Waals surface area contributed by atoms with Crippen LogP contribution >= 0.6 is 0 Å². The van der Waals surface area contributed by atoms with E-state index >= 15 is 0 Å². The molecule has 19 heavy (non-hydrogen) atoms. The molecular weight excluding hydrogens is 246 g/mol. The van der Waals surface area contributed by atoms with Gasteiger partial charge in [0, 0.05) is 11.8 Å². The highest BCUT2D eigenvalue weighted by Crippen LogP contribution is 2.30. The molecule has 1 aromatic heterocycles. The molecule has 2 rings (SSSR count). The van der Waals surface area contributed by atoms with E-state index < -0.39 is 11.4 Å². The van der Waals surface area contributed by atoms with Gasteiger partial charge in [0.05, 0.1) is 19.3 Å². The van der Waals surface area contributed by atoms with Crippen molar-refractivity contribution in [2.75, 3.05) is 18.5 Å². The minimum Gasteiger partial charge on any atom is -0.481 e. The number of anilines is 1. The Morgan fingerprint density at radius 2 is 2.42 bits per heavy atom. The second-order valence-corrected chi connectivity index (χ2v) is 5.08. The third-order valence-electron chi connectivity index (χ3n) is 3.50. The molecule has 0 bridgehead atoms. The molecule has 0 aromatic carbocycles. The minimum atomic E-state index is -0.921. The fourth-order valence-electron chi connectivity index (χ4n) is 2.13. The fourth-order valence-corrected chi connectivity index (χ4v) is 2.13. The lowest BCUT2D eigenvalue weighted by molar-refractivity contribution is -0.148. The smallest absolute Gasteiger partial charge is 0.313 e. The highest BCUT2D eigenvalue weighted by molar-refractivity contribution is 5.76. The molecule has 6 heteroatoms. The second kappa shape index (κ2) is 5.52. The number of carboxylic acid groups (broad SMARTS) is 1. The summed E-state index contributed by atoms with van der Waals surface area (Å²) in [6.45, 7) is 4.36. The number of nitrogens with one attached hydrogen (secondary N) is 1. The van der Waals surface area contributed by atoms with Crippen LogP contribution in [-0.2, 0) is 16.0 Å². The number of hydrogen-bond acceptors (Lipinski definition) is 5. The fraction of sp³-hybridized carbons (Fsp3) is 0.615. The molecule has 1 fully saturated rings. The maximum absolute atomic E-state index is 11.3. The maximum Gasteiger partial charge on any atom is 0.313 e. The summed E-state index contributed by atoms with van der Waals surface area (Å²) in [6, 6.07) is 1.58. The van der Waals surface area contributed by atoms with Crippen LogP contribution in [0.1, 0.15) is 26.0 Å². The van der Waals surface area contributed by atoms with E-state index in [2.05, 4.69) is 22.2 Å². The first kappa shape index (κ1) is 13.7. The summed E-state index contributed by atoms with van der Waals surface area (Å²) in [5.74, 6) is -0.202. The summed E-state index contributed by atoms with van der Waals surface area (Å²) in [7, 11) is 0. The molecule has 2 atom stereocenters. The lowest BCUT2D eigenvalue weighted by atomic mass is 9.85. The van der Waals surface area contributed by atoms with Gasteiger partial charge in [-0.3, -0.25) is 4.79 Å². The van der Waals surface area contributed by atoms with Crippen LogP contribution in [0.4, 0.5) is 5.82 Å². The van der Waals surface area contributed by atoms with Gasteiger partial charge in [0.1, 0.15) is 17.6 Å². The normalized spacial score (nSPS) is 26.3. The quantitative estimate of drug-likeness (QED) is 0.835. The van der Waals surface area contributed by atoms with Crippen molar-refractivity contribution in [1.82, 2.24) is 9.97 Å². The lowest BCUT2D eigenvalue weighted by Crippen LogP contribution is -2.43. The molecule has 0 aliphatic carbocycles. The van der Waals surface area contributed by atoms with Crippen molar-refractivity contribution in [2.24, 2.45) is 5.41 Å². The van der Waals surface area contributed by atoms with Crippen molar-refractivity contribution >= 4 is 11.8 Å². The molecule has 1 aromatic rings. The van der Waals surface area contributed by atoms with Gasteiger partial charge in [-0.05, 0) is 13.3 Å². The second-order valence-electron chi connectivity index (χ2n) is 5.08. The molecule has 6 nitrogen and oxygen atoms in total. The molecule has 1 saturated heterocycles. The summed E-state index contributed by atoms with van der Waals surface area (Å²) >= 11 is 0. The molecule has 2 N–H and O–H groups in total. The zero-order valence-corrected chi connectivity index (χ0v) is 11.2. The molecule has 2 heterocycles. The Morgan fingerprint density at radius 3 is 3.11 bits per heavy atom. The van der Waals surface area contributed by atoms with Crippen LogP contribution < -0.4 is 5.32 Å². The molecule has 0 amide bonds. The lowest BCUT2D eigenvalue weighted by Gasteiger charge is -2.25. The van der Waals surface area contributed by atoms with Crippen molar-refractivity contribution < 1.29 is 14.6 Å². The van der Waals surface area contributed by atoms with E-state index in [4.69, 9.17) is 4.74 Å². The van der Waals surface area contributed by atoms with Gasteiger partial charge in [-0.1, -0.05) is 13.3 Å². The highest BCUT2D eigenvalue weighted by Gasteiger charge is 2.46. The Balaban J connectivity index is 2.12. The Morgan fingerprint density at radius 1 is 1.63 bits per heavy atom. The van der Waals surface area contributed by atoms with Crippen LogP contribution in [0.15, 0.2) is 12.4 Å². The minimum absolute atomic E-state index is 0.215. The van der Waals surface area contributed by atoms with Crippen LogP contribution in [0, 0.1) is 5.41 Å². The predicted octanol–water partition coefficient (Wildman–Crippen LogP) is 1.33. The summed E-state index contributed by atoms with van der Waals surface area (Å²) in [5.41, 5.74) is 0.0338. The van der Waals surface area contributed by atoms with Gasteiger partial charge in [-0.2, -0.15) is 0 Å². The first-order chi connectivity index (χ1) is 9.06. The van der Waals surface area contributed by atoms with Crippen LogP contribution in [0.5, 0.6) is 0 Å². The Hall–Kier alpha value is -1.69. The number of nitrogens with zero attached hydrogens (tertiary/aromatic N) is 2. The van der Waals surface area contributed by atoms with Crippen LogP contribution in [0.3, 0.4) is 0 Å². The number of carboxylic acids is 1. The first-order valence-corrected chi connectivity index (χ1v) is 6.45. The number of rotatable bonds is 5. The number of ether oxygens (including phenoxy) is 1. The Kier molecular flexibility index (Phi) is 3.99. The van der Waals surface area contributed by atoms with Crippen molar-refractivity contribution in [3.05, 3.63) is 18.1 Å². The van der Waals surface area contributed by atoms with Gasteiger partial charge in [-0.15, -0.1) is 0 Å². The van der Waals surface area contributed by atoms with Crippen molar-refractivity contribution in [2.45, 2.75) is 32.7 Å². The average molecular weight is 265 g/mol. The average Bonchev–Trinajstić information content (AvgIpc) is 2.73. The number of hydrogen-bond donors (Lipinski definition) is 2. The SMILES string of the molecule is CCCc1cc(NC2COCC2(C)C(=O)O)ncn1. The molecule has 0 radical (unpaired) electrons. The molecular formula is C13H19N3O3. The number of aryl methyl sites for hydroxylation is 1. The third-order valence-corrected chi connectivity index (χ3v) is 3.50. The first-order valence-electron chi connectivity index (χ1n) is 6.45. The molecule has 1 aliphatic rings. The molecule has 104 valence electrons. The summed E-state index contributed by atoms with van der Waals surface area (Å²) < 4.78 is 5.30. The summed E-state index contributed by atoms with van der Waals surface area (Å²) in [4.78, 5) is 19.7. The van der Waals surface area contributed by atoms with Gasteiger partial charge in [0.25, 0.3) is 0 Å². The summed E-state index contributed by atoms with van der Waals surface area (Å²) in [6.07, 6.45) is 3.39. The largest absolute Gasteiger partial charge is 0.481 e. The topological polar surface area (TPSA) is 84.3 Å². The van der Waals surface area contributed by atoms with Crippen molar-refractivity contribution in [3.63, 3.8) is 0 Å². The van der Waals surface area contributed by atoms with E-state index in [1.807, 2.05) is 6.07 Å². The zero-order chi connectivity index (χ0) is 13.9. The van der Waals surface area contributed by atoms with Crippen LogP contribution in [0.25, 0.3) is 0 Å². The van der Waals surface area contributed by atoms with Gasteiger partial charge in [0.2, 0.25) is 0 Å². The monoisotopic (exact) mass is 265 g/mol. The van der Waals surface area contributed by atoms with Crippen molar-refractivity contribution in [3.8, 4) is 0 Å².